The minimum atomic E-state index is -0.229. The second kappa shape index (κ2) is 8.17. The number of halogens is 1. The van der Waals surface area contributed by atoms with E-state index in [1.807, 2.05) is 51.1 Å². The summed E-state index contributed by atoms with van der Waals surface area (Å²) in [6.45, 7) is 7.62. The third kappa shape index (κ3) is 5.07. The third-order valence-electron chi connectivity index (χ3n) is 3.92. The van der Waals surface area contributed by atoms with Crippen LogP contribution in [-0.4, -0.2) is 18.4 Å². The molecule has 0 atom stereocenters. The molecule has 0 aromatic heterocycles. The normalized spacial score (nSPS) is 10.4. The van der Waals surface area contributed by atoms with E-state index in [2.05, 4.69) is 5.32 Å². The molecule has 0 aliphatic rings. The highest BCUT2D eigenvalue weighted by Gasteiger charge is 2.20. The lowest BCUT2D eigenvalue weighted by Gasteiger charge is -2.24. The second-order valence-corrected chi connectivity index (χ2v) is 6.69. The Kier molecular flexibility index (Phi) is 6.21. The number of nitrogens with one attached hydrogen (secondary N) is 1. The van der Waals surface area contributed by atoms with Crippen LogP contribution in [0.15, 0.2) is 36.4 Å². The number of carbonyl (C=O) groups excluding carboxylic acids is 2. The van der Waals surface area contributed by atoms with E-state index in [0.717, 1.165) is 22.3 Å². The number of anilines is 1. The number of benzene rings is 2. The largest absolute Gasteiger partial charge is 0.350 e. The van der Waals surface area contributed by atoms with Gasteiger partial charge >= 0.3 is 0 Å². The van der Waals surface area contributed by atoms with Gasteiger partial charge in [0.1, 0.15) is 6.54 Å². The summed E-state index contributed by atoms with van der Waals surface area (Å²) < 4.78 is 0. The molecule has 0 heterocycles. The fraction of sp³-hybridized carbons (Fsp3) is 0.300. The van der Waals surface area contributed by atoms with Crippen LogP contribution in [0.5, 0.6) is 0 Å². The van der Waals surface area contributed by atoms with Crippen molar-refractivity contribution in [1.82, 2.24) is 5.32 Å². The minimum Gasteiger partial charge on any atom is -0.350 e. The van der Waals surface area contributed by atoms with Crippen molar-refractivity contribution >= 4 is 29.1 Å². The van der Waals surface area contributed by atoms with Gasteiger partial charge in [-0.1, -0.05) is 47.5 Å². The van der Waals surface area contributed by atoms with Gasteiger partial charge in [-0.2, -0.15) is 0 Å². The summed E-state index contributed by atoms with van der Waals surface area (Å²) in [5.74, 6) is -0.452. The molecule has 2 aromatic carbocycles. The van der Waals surface area contributed by atoms with Gasteiger partial charge in [-0.15, -0.1) is 0 Å². The SMILES string of the molecule is CC(=O)N(CC(=O)NCc1cccc(C)c1)c1c(C)cc(C)cc1Cl. The van der Waals surface area contributed by atoms with Crippen LogP contribution >= 0.6 is 11.6 Å². The van der Waals surface area contributed by atoms with Crippen LogP contribution in [0.2, 0.25) is 5.02 Å². The molecule has 0 fully saturated rings. The first-order valence-corrected chi connectivity index (χ1v) is 8.53. The first-order valence-electron chi connectivity index (χ1n) is 8.15. The molecule has 0 saturated heterocycles. The van der Waals surface area contributed by atoms with Crippen molar-refractivity contribution < 1.29 is 9.59 Å². The zero-order valence-corrected chi connectivity index (χ0v) is 15.8. The maximum Gasteiger partial charge on any atom is 0.240 e. The maximum atomic E-state index is 12.3. The number of hydrogen-bond acceptors (Lipinski definition) is 2. The van der Waals surface area contributed by atoms with Gasteiger partial charge in [-0.05, 0) is 43.5 Å². The molecule has 4 nitrogen and oxygen atoms in total. The summed E-state index contributed by atoms with van der Waals surface area (Å²) >= 11 is 6.32. The van der Waals surface area contributed by atoms with Gasteiger partial charge in [0.15, 0.2) is 0 Å². The molecule has 0 radical (unpaired) electrons. The molecule has 1 N–H and O–H groups in total. The number of aryl methyl sites for hydroxylation is 3. The molecular weight excluding hydrogens is 336 g/mol. The maximum absolute atomic E-state index is 12.3. The quantitative estimate of drug-likeness (QED) is 0.880. The van der Waals surface area contributed by atoms with Crippen molar-refractivity contribution in [2.45, 2.75) is 34.2 Å². The van der Waals surface area contributed by atoms with E-state index in [1.165, 1.54) is 11.8 Å². The van der Waals surface area contributed by atoms with Crippen LogP contribution in [0.25, 0.3) is 0 Å². The highest BCUT2D eigenvalue weighted by atomic mass is 35.5. The number of hydrogen-bond donors (Lipinski definition) is 1. The fourth-order valence-corrected chi connectivity index (χ4v) is 3.24. The lowest BCUT2D eigenvalue weighted by atomic mass is 10.1. The van der Waals surface area contributed by atoms with E-state index in [9.17, 15) is 9.59 Å². The van der Waals surface area contributed by atoms with E-state index in [1.54, 1.807) is 6.07 Å². The van der Waals surface area contributed by atoms with Crippen LogP contribution in [0.4, 0.5) is 5.69 Å². The summed E-state index contributed by atoms with van der Waals surface area (Å²) in [5, 5.41) is 3.33. The van der Waals surface area contributed by atoms with Gasteiger partial charge in [0, 0.05) is 13.5 Å². The van der Waals surface area contributed by atoms with Crippen molar-refractivity contribution in [3.05, 3.63) is 63.7 Å². The highest BCUT2D eigenvalue weighted by Crippen LogP contribution is 2.31. The van der Waals surface area contributed by atoms with E-state index < -0.39 is 0 Å². The van der Waals surface area contributed by atoms with Crippen molar-refractivity contribution in [1.29, 1.82) is 0 Å². The smallest absolute Gasteiger partial charge is 0.240 e. The predicted molar refractivity (Wildman–Crippen MR) is 102 cm³/mol. The molecule has 0 unspecified atom stereocenters. The van der Waals surface area contributed by atoms with Gasteiger partial charge in [0.2, 0.25) is 11.8 Å². The van der Waals surface area contributed by atoms with Crippen molar-refractivity contribution in [3.63, 3.8) is 0 Å². The Labute approximate surface area is 153 Å². The minimum absolute atomic E-state index is 0.0647. The molecule has 5 heteroatoms. The molecule has 25 heavy (non-hydrogen) atoms. The average molecular weight is 359 g/mol. The van der Waals surface area contributed by atoms with E-state index in [0.29, 0.717) is 17.3 Å². The van der Waals surface area contributed by atoms with Crippen molar-refractivity contribution in [2.24, 2.45) is 0 Å². The highest BCUT2D eigenvalue weighted by molar-refractivity contribution is 6.34. The molecule has 2 amide bonds. The van der Waals surface area contributed by atoms with Gasteiger partial charge in [0.25, 0.3) is 0 Å². The molecular formula is C20H23ClN2O2. The standard InChI is InChI=1S/C20H23ClN2O2/c1-13-6-5-7-17(9-13)11-22-19(25)12-23(16(4)24)20-15(3)8-14(2)10-18(20)21/h5-10H,11-12H2,1-4H3,(H,22,25). The number of carbonyl (C=O) groups is 2. The second-order valence-electron chi connectivity index (χ2n) is 6.28. The monoisotopic (exact) mass is 358 g/mol. The third-order valence-corrected chi connectivity index (χ3v) is 4.21. The zero-order chi connectivity index (χ0) is 18.6. The lowest BCUT2D eigenvalue weighted by molar-refractivity contribution is -0.123. The first kappa shape index (κ1) is 19.0. The van der Waals surface area contributed by atoms with E-state index >= 15 is 0 Å². The lowest BCUT2D eigenvalue weighted by Crippen LogP contribution is -2.40. The van der Waals surface area contributed by atoms with Gasteiger partial charge in [0.05, 0.1) is 10.7 Å². The van der Waals surface area contributed by atoms with Gasteiger partial charge < -0.3 is 10.2 Å². The number of amides is 2. The number of rotatable bonds is 5. The van der Waals surface area contributed by atoms with Crippen molar-refractivity contribution in [3.8, 4) is 0 Å². The summed E-state index contributed by atoms with van der Waals surface area (Å²) in [7, 11) is 0. The Morgan fingerprint density at radius 1 is 1.08 bits per heavy atom. The van der Waals surface area contributed by atoms with Gasteiger partial charge in [-0.25, -0.2) is 0 Å². The Morgan fingerprint density at radius 2 is 1.80 bits per heavy atom. The van der Waals surface area contributed by atoms with Crippen LogP contribution in [0, 0.1) is 20.8 Å². The predicted octanol–water partition coefficient (Wildman–Crippen LogP) is 3.93. The molecule has 0 bridgehead atoms. The number of nitrogens with zero attached hydrogens (tertiary/aromatic N) is 1. The fourth-order valence-electron chi connectivity index (χ4n) is 2.82. The Bertz CT molecular complexity index is 779. The topological polar surface area (TPSA) is 49.4 Å². The van der Waals surface area contributed by atoms with Crippen LogP contribution in [-0.2, 0) is 16.1 Å². The summed E-state index contributed by atoms with van der Waals surface area (Å²) in [5.41, 5.74) is 4.63. The summed E-state index contributed by atoms with van der Waals surface area (Å²) in [6, 6.07) is 11.7. The summed E-state index contributed by atoms with van der Waals surface area (Å²) in [6.07, 6.45) is 0. The molecule has 0 aliphatic heterocycles. The first-order chi connectivity index (χ1) is 11.8. The molecule has 0 aliphatic carbocycles. The summed E-state index contributed by atoms with van der Waals surface area (Å²) in [4.78, 5) is 25.8. The Morgan fingerprint density at radius 3 is 2.40 bits per heavy atom. The molecule has 2 rings (SSSR count). The molecule has 132 valence electrons. The van der Waals surface area contributed by atoms with Crippen LogP contribution < -0.4 is 10.2 Å². The molecule has 2 aromatic rings. The van der Waals surface area contributed by atoms with Crippen LogP contribution in [0.1, 0.15) is 29.2 Å². The molecule has 0 saturated carbocycles. The van der Waals surface area contributed by atoms with Crippen molar-refractivity contribution in [2.75, 3.05) is 11.4 Å². The van der Waals surface area contributed by atoms with E-state index in [4.69, 9.17) is 11.6 Å². The molecule has 0 spiro atoms. The van der Waals surface area contributed by atoms with Gasteiger partial charge in [-0.3, -0.25) is 9.59 Å². The Hall–Kier alpha value is -2.33. The van der Waals surface area contributed by atoms with E-state index in [-0.39, 0.29) is 18.4 Å². The average Bonchev–Trinajstić information content (AvgIpc) is 2.51. The zero-order valence-electron chi connectivity index (χ0n) is 15.0. The van der Waals surface area contributed by atoms with Crippen LogP contribution in [0.3, 0.4) is 0 Å². The Balaban J connectivity index is 2.12.